The molecule has 1 atom stereocenters. The number of methoxy groups -OCH3 is 1. The number of rotatable bonds is 3. The number of amides is 1. The third kappa shape index (κ3) is 2.20. The Hall–Kier alpha value is -1.71. The van der Waals surface area contributed by atoms with E-state index < -0.39 is 0 Å². The molecule has 1 aliphatic rings. The average Bonchev–Trinajstić information content (AvgIpc) is 2.71. The Morgan fingerprint density at radius 2 is 2.00 bits per heavy atom. The van der Waals surface area contributed by atoms with Crippen molar-refractivity contribution in [2.45, 2.75) is 19.9 Å². The molecule has 0 N–H and O–H groups in total. The van der Waals surface area contributed by atoms with Crippen LogP contribution in [0.3, 0.4) is 0 Å². The molecular formula is C13H17NO3. The van der Waals surface area contributed by atoms with E-state index in [0.717, 1.165) is 11.4 Å². The monoisotopic (exact) mass is 235 g/mol. The number of hydrogen-bond acceptors (Lipinski definition) is 3. The van der Waals surface area contributed by atoms with Crippen LogP contribution in [0, 0.1) is 5.92 Å². The van der Waals surface area contributed by atoms with Gasteiger partial charge in [-0.2, -0.15) is 0 Å². The molecule has 1 aromatic rings. The zero-order valence-electron chi connectivity index (χ0n) is 10.3. The predicted molar refractivity (Wildman–Crippen MR) is 65.4 cm³/mol. The van der Waals surface area contributed by atoms with E-state index in [1.807, 2.05) is 24.3 Å². The molecule has 4 heteroatoms. The van der Waals surface area contributed by atoms with Gasteiger partial charge in [-0.25, -0.2) is 4.79 Å². The van der Waals surface area contributed by atoms with Gasteiger partial charge in [0.2, 0.25) is 0 Å². The molecule has 4 nitrogen and oxygen atoms in total. The molecule has 0 saturated carbocycles. The Kier molecular flexibility index (Phi) is 3.22. The number of nitrogens with zero attached hydrogens (tertiary/aromatic N) is 1. The number of carbonyl (C=O) groups is 1. The lowest BCUT2D eigenvalue weighted by Crippen LogP contribution is -2.37. The first-order valence-corrected chi connectivity index (χ1v) is 5.73. The number of ether oxygens (including phenoxy) is 2. The summed E-state index contributed by atoms with van der Waals surface area (Å²) in [5.74, 6) is 1.14. The van der Waals surface area contributed by atoms with Gasteiger partial charge in [-0.05, 0) is 30.2 Å². The minimum Gasteiger partial charge on any atom is -0.497 e. The molecule has 0 aliphatic carbocycles. The van der Waals surface area contributed by atoms with Crippen LogP contribution >= 0.6 is 0 Å². The van der Waals surface area contributed by atoms with E-state index in [-0.39, 0.29) is 12.1 Å². The van der Waals surface area contributed by atoms with Crippen LogP contribution in [-0.4, -0.2) is 25.9 Å². The average molecular weight is 235 g/mol. The molecule has 1 aliphatic heterocycles. The maximum atomic E-state index is 11.7. The summed E-state index contributed by atoms with van der Waals surface area (Å²) in [4.78, 5) is 13.4. The van der Waals surface area contributed by atoms with Crippen LogP contribution in [0.2, 0.25) is 0 Å². The van der Waals surface area contributed by atoms with E-state index in [1.165, 1.54) is 0 Å². The minimum atomic E-state index is -0.270. The molecule has 1 fully saturated rings. The lowest BCUT2D eigenvalue weighted by atomic mass is 10.0. The second kappa shape index (κ2) is 4.65. The highest BCUT2D eigenvalue weighted by Crippen LogP contribution is 2.28. The molecule has 0 radical (unpaired) electrons. The summed E-state index contributed by atoms with van der Waals surface area (Å²) in [5, 5.41) is 0. The van der Waals surface area contributed by atoms with Crippen molar-refractivity contribution in [2.75, 3.05) is 18.6 Å². The van der Waals surface area contributed by atoms with Crippen molar-refractivity contribution >= 4 is 11.8 Å². The standard InChI is InChI=1S/C13H17NO3/c1-9(2)12-8-17-13(15)14(12)10-4-6-11(16-3)7-5-10/h4-7,9,12H,8H2,1-3H3. The fraction of sp³-hybridized carbons (Fsp3) is 0.462. The molecule has 0 aromatic heterocycles. The molecule has 1 aromatic carbocycles. The Morgan fingerprint density at radius 3 is 2.53 bits per heavy atom. The first-order chi connectivity index (χ1) is 8.13. The second-order valence-corrected chi connectivity index (χ2v) is 4.46. The third-order valence-electron chi connectivity index (χ3n) is 3.03. The summed E-state index contributed by atoms with van der Waals surface area (Å²) in [5.41, 5.74) is 0.854. The third-order valence-corrected chi connectivity index (χ3v) is 3.03. The zero-order chi connectivity index (χ0) is 12.4. The Balaban J connectivity index is 2.26. The molecule has 0 spiro atoms. The normalized spacial score (nSPS) is 19.6. The maximum Gasteiger partial charge on any atom is 0.414 e. The van der Waals surface area contributed by atoms with Crippen molar-refractivity contribution in [1.29, 1.82) is 0 Å². The van der Waals surface area contributed by atoms with Crippen LogP contribution in [0.5, 0.6) is 5.75 Å². The van der Waals surface area contributed by atoms with Gasteiger partial charge in [0, 0.05) is 5.69 Å². The number of carbonyl (C=O) groups excluding carboxylic acids is 1. The van der Waals surface area contributed by atoms with Crippen molar-refractivity contribution in [3.8, 4) is 5.75 Å². The molecular weight excluding hydrogens is 218 g/mol. The minimum absolute atomic E-state index is 0.107. The van der Waals surface area contributed by atoms with Gasteiger partial charge >= 0.3 is 6.09 Å². The Labute approximate surface area is 101 Å². The van der Waals surface area contributed by atoms with Crippen molar-refractivity contribution in [3.63, 3.8) is 0 Å². The van der Waals surface area contributed by atoms with Gasteiger partial charge in [0.1, 0.15) is 12.4 Å². The van der Waals surface area contributed by atoms with E-state index >= 15 is 0 Å². The molecule has 17 heavy (non-hydrogen) atoms. The highest BCUT2D eigenvalue weighted by molar-refractivity contribution is 5.90. The van der Waals surface area contributed by atoms with Gasteiger partial charge in [0.05, 0.1) is 13.2 Å². The van der Waals surface area contributed by atoms with Crippen molar-refractivity contribution in [2.24, 2.45) is 5.92 Å². The van der Waals surface area contributed by atoms with E-state index in [9.17, 15) is 4.79 Å². The van der Waals surface area contributed by atoms with Gasteiger partial charge in [-0.15, -0.1) is 0 Å². The molecule has 1 amide bonds. The van der Waals surface area contributed by atoms with E-state index in [0.29, 0.717) is 12.5 Å². The smallest absolute Gasteiger partial charge is 0.414 e. The van der Waals surface area contributed by atoms with Crippen LogP contribution in [0.1, 0.15) is 13.8 Å². The SMILES string of the molecule is COc1ccc(N2C(=O)OCC2C(C)C)cc1. The number of hydrogen-bond donors (Lipinski definition) is 0. The largest absolute Gasteiger partial charge is 0.497 e. The fourth-order valence-electron chi connectivity index (χ4n) is 1.97. The van der Waals surface area contributed by atoms with Gasteiger partial charge in [0.25, 0.3) is 0 Å². The number of cyclic esters (lactones) is 1. The fourth-order valence-corrected chi connectivity index (χ4v) is 1.97. The lowest BCUT2D eigenvalue weighted by molar-refractivity contribution is 0.177. The zero-order valence-corrected chi connectivity index (χ0v) is 10.3. The van der Waals surface area contributed by atoms with Crippen LogP contribution in [-0.2, 0) is 4.74 Å². The molecule has 0 bridgehead atoms. The summed E-state index contributed by atoms with van der Waals surface area (Å²) in [7, 11) is 1.62. The van der Waals surface area contributed by atoms with Crippen molar-refractivity contribution < 1.29 is 14.3 Å². The van der Waals surface area contributed by atoms with Gasteiger partial charge in [0.15, 0.2) is 0 Å². The summed E-state index contributed by atoms with van der Waals surface area (Å²) >= 11 is 0. The first-order valence-electron chi connectivity index (χ1n) is 5.73. The van der Waals surface area contributed by atoms with Gasteiger partial charge in [-0.1, -0.05) is 13.8 Å². The Bertz CT molecular complexity index is 400. The number of anilines is 1. The van der Waals surface area contributed by atoms with E-state index in [4.69, 9.17) is 9.47 Å². The number of benzene rings is 1. The van der Waals surface area contributed by atoms with Crippen molar-refractivity contribution in [1.82, 2.24) is 0 Å². The Morgan fingerprint density at radius 1 is 1.35 bits per heavy atom. The molecule has 92 valence electrons. The van der Waals surface area contributed by atoms with Crippen LogP contribution < -0.4 is 9.64 Å². The summed E-state index contributed by atoms with van der Waals surface area (Å²) < 4.78 is 10.2. The predicted octanol–water partition coefficient (Wildman–Crippen LogP) is 2.68. The summed E-state index contributed by atoms with van der Waals surface area (Å²) in [6.45, 7) is 4.63. The van der Waals surface area contributed by atoms with Crippen LogP contribution in [0.25, 0.3) is 0 Å². The maximum absolute atomic E-state index is 11.7. The topological polar surface area (TPSA) is 38.8 Å². The lowest BCUT2D eigenvalue weighted by Gasteiger charge is -2.24. The highest BCUT2D eigenvalue weighted by atomic mass is 16.6. The highest BCUT2D eigenvalue weighted by Gasteiger charge is 2.35. The van der Waals surface area contributed by atoms with Crippen molar-refractivity contribution in [3.05, 3.63) is 24.3 Å². The summed E-state index contributed by atoms with van der Waals surface area (Å²) in [6.07, 6.45) is -0.270. The molecule has 1 unspecified atom stereocenters. The second-order valence-electron chi connectivity index (χ2n) is 4.46. The van der Waals surface area contributed by atoms with Gasteiger partial charge in [-0.3, -0.25) is 4.90 Å². The van der Waals surface area contributed by atoms with Crippen LogP contribution in [0.15, 0.2) is 24.3 Å². The first kappa shape index (κ1) is 11.8. The van der Waals surface area contributed by atoms with Crippen LogP contribution in [0.4, 0.5) is 10.5 Å². The van der Waals surface area contributed by atoms with E-state index in [1.54, 1.807) is 12.0 Å². The summed E-state index contributed by atoms with van der Waals surface area (Å²) in [6, 6.07) is 7.55. The van der Waals surface area contributed by atoms with Gasteiger partial charge < -0.3 is 9.47 Å². The van der Waals surface area contributed by atoms with E-state index in [2.05, 4.69) is 13.8 Å². The molecule has 1 saturated heterocycles. The quantitative estimate of drug-likeness (QED) is 0.808. The molecule has 2 rings (SSSR count). The molecule has 1 heterocycles.